The van der Waals surface area contributed by atoms with Crippen LogP contribution in [0.2, 0.25) is 0 Å². The van der Waals surface area contributed by atoms with Crippen LogP contribution in [-0.4, -0.2) is 44.7 Å². The first-order chi connectivity index (χ1) is 9.65. The molecule has 0 heterocycles. The zero-order chi connectivity index (χ0) is 14.5. The molecule has 3 nitrogen and oxygen atoms in total. The van der Waals surface area contributed by atoms with Gasteiger partial charge in [-0.25, -0.2) is 0 Å². The van der Waals surface area contributed by atoms with Gasteiger partial charge in [0.05, 0.1) is 7.11 Å². The van der Waals surface area contributed by atoms with Crippen molar-refractivity contribution in [3.05, 3.63) is 29.8 Å². The molecule has 1 aromatic carbocycles. The number of hydrogen-bond donors (Lipinski definition) is 1. The van der Waals surface area contributed by atoms with Crippen LogP contribution in [0.3, 0.4) is 0 Å². The third kappa shape index (κ3) is 3.97. The summed E-state index contributed by atoms with van der Waals surface area (Å²) >= 11 is 0. The lowest BCUT2D eigenvalue weighted by molar-refractivity contribution is 0.221. The number of benzene rings is 1. The highest BCUT2D eigenvalue weighted by atomic mass is 16.5. The Kier molecular flexibility index (Phi) is 5.44. The Hall–Kier alpha value is -1.06. The van der Waals surface area contributed by atoms with Crippen molar-refractivity contribution in [3.8, 4) is 5.75 Å². The van der Waals surface area contributed by atoms with Crippen molar-refractivity contribution in [2.45, 2.75) is 38.3 Å². The van der Waals surface area contributed by atoms with Gasteiger partial charge < -0.3 is 15.0 Å². The minimum absolute atomic E-state index is 0.515. The molecule has 1 saturated carbocycles. The number of ether oxygens (including phenoxy) is 1. The van der Waals surface area contributed by atoms with Crippen LogP contribution in [0.5, 0.6) is 5.75 Å². The molecule has 1 N–H and O–H groups in total. The highest BCUT2D eigenvalue weighted by Gasteiger charge is 2.31. The van der Waals surface area contributed by atoms with Gasteiger partial charge in [-0.3, -0.25) is 0 Å². The van der Waals surface area contributed by atoms with Crippen LogP contribution in [-0.2, 0) is 6.42 Å². The number of likely N-dealkylation sites (N-methyl/N-ethyl adjacent to an activating group) is 2. The third-order valence-electron chi connectivity index (χ3n) is 4.51. The summed E-state index contributed by atoms with van der Waals surface area (Å²) in [5.41, 5.74) is 1.29. The molecule has 0 amide bonds. The normalized spacial score (nSPS) is 18.1. The monoisotopic (exact) mass is 276 g/mol. The van der Waals surface area contributed by atoms with E-state index < -0.39 is 0 Å². The van der Waals surface area contributed by atoms with Crippen LogP contribution in [0.25, 0.3) is 0 Å². The molecule has 1 aliphatic rings. The van der Waals surface area contributed by atoms with E-state index in [0.29, 0.717) is 12.1 Å². The molecule has 2 atom stereocenters. The second kappa shape index (κ2) is 7.09. The lowest BCUT2D eigenvalue weighted by Crippen LogP contribution is -2.43. The lowest BCUT2D eigenvalue weighted by atomic mass is 10.0. The van der Waals surface area contributed by atoms with Gasteiger partial charge in [0.1, 0.15) is 5.75 Å². The maximum absolute atomic E-state index is 5.45. The van der Waals surface area contributed by atoms with Crippen LogP contribution in [0.1, 0.15) is 25.3 Å². The Bertz CT molecular complexity index is 417. The fraction of sp³-hybridized carbons (Fsp3) is 0.647. The summed E-state index contributed by atoms with van der Waals surface area (Å²) in [4.78, 5) is 2.46. The Morgan fingerprint density at radius 3 is 2.65 bits per heavy atom. The zero-order valence-electron chi connectivity index (χ0n) is 13.2. The van der Waals surface area contributed by atoms with Gasteiger partial charge in [0.15, 0.2) is 0 Å². The Labute approximate surface area is 123 Å². The smallest absolute Gasteiger partial charge is 0.122 e. The Morgan fingerprint density at radius 2 is 2.05 bits per heavy atom. The van der Waals surface area contributed by atoms with E-state index in [4.69, 9.17) is 4.74 Å². The third-order valence-corrected chi connectivity index (χ3v) is 4.51. The lowest BCUT2D eigenvalue weighted by Gasteiger charge is -2.29. The molecule has 2 rings (SSSR count). The summed E-state index contributed by atoms with van der Waals surface area (Å²) in [6, 6.07) is 9.48. The summed E-state index contributed by atoms with van der Waals surface area (Å²) in [6.45, 7) is 3.42. The molecule has 1 aromatic rings. The summed E-state index contributed by atoms with van der Waals surface area (Å²) in [5.74, 6) is 1.89. The predicted molar refractivity (Wildman–Crippen MR) is 84.4 cm³/mol. The molecule has 1 aliphatic carbocycles. The molecule has 0 bridgehead atoms. The fourth-order valence-electron chi connectivity index (χ4n) is 2.81. The number of nitrogens with one attached hydrogen (secondary N) is 1. The fourth-order valence-corrected chi connectivity index (χ4v) is 2.81. The van der Waals surface area contributed by atoms with Gasteiger partial charge in [0.2, 0.25) is 0 Å². The highest BCUT2D eigenvalue weighted by Crippen LogP contribution is 2.33. The van der Waals surface area contributed by atoms with E-state index >= 15 is 0 Å². The molecule has 112 valence electrons. The topological polar surface area (TPSA) is 24.5 Å². The molecule has 20 heavy (non-hydrogen) atoms. The second-order valence-electron chi connectivity index (χ2n) is 6.04. The van der Waals surface area contributed by atoms with Gasteiger partial charge in [-0.2, -0.15) is 0 Å². The number of para-hydroxylation sites is 1. The maximum Gasteiger partial charge on any atom is 0.122 e. The van der Waals surface area contributed by atoms with E-state index in [9.17, 15) is 0 Å². The number of hydrogen-bond acceptors (Lipinski definition) is 3. The van der Waals surface area contributed by atoms with Crippen LogP contribution in [0.4, 0.5) is 0 Å². The van der Waals surface area contributed by atoms with Gasteiger partial charge in [-0.1, -0.05) is 18.2 Å². The highest BCUT2D eigenvalue weighted by molar-refractivity contribution is 5.33. The van der Waals surface area contributed by atoms with Crippen LogP contribution < -0.4 is 10.1 Å². The number of nitrogens with zero attached hydrogens (tertiary/aromatic N) is 1. The standard InChI is InChI=1S/C17H28N2O/c1-13(11-15-7-5-6-8-17(15)20-4)19(3)12-16(18-2)14-9-10-14/h5-8,13-14,16,18H,9-12H2,1-4H3. The Balaban J connectivity index is 1.91. The summed E-state index contributed by atoms with van der Waals surface area (Å²) in [7, 11) is 6.06. The summed E-state index contributed by atoms with van der Waals surface area (Å²) in [5, 5.41) is 3.47. The van der Waals surface area contributed by atoms with Crippen LogP contribution >= 0.6 is 0 Å². The van der Waals surface area contributed by atoms with Crippen LogP contribution in [0, 0.1) is 5.92 Å². The van der Waals surface area contributed by atoms with E-state index in [1.165, 1.54) is 18.4 Å². The summed E-state index contributed by atoms with van der Waals surface area (Å²) < 4.78 is 5.45. The van der Waals surface area contributed by atoms with Crippen molar-refractivity contribution < 1.29 is 4.74 Å². The van der Waals surface area contributed by atoms with E-state index in [1.807, 2.05) is 12.1 Å². The maximum atomic E-state index is 5.45. The molecular weight excluding hydrogens is 248 g/mol. The molecule has 3 heteroatoms. The van der Waals surface area contributed by atoms with Crippen molar-refractivity contribution in [1.82, 2.24) is 10.2 Å². The Morgan fingerprint density at radius 1 is 1.35 bits per heavy atom. The van der Waals surface area contributed by atoms with Gasteiger partial charge in [-0.05, 0) is 57.8 Å². The molecule has 0 radical (unpaired) electrons. The van der Waals surface area contributed by atoms with Crippen molar-refractivity contribution in [2.75, 3.05) is 27.7 Å². The van der Waals surface area contributed by atoms with Gasteiger partial charge >= 0.3 is 0 Å². The van der Waals surface area contributed by atoms with Crippen molar-refractivity contribution in [3.63, 3.8) is 0 Å². The van der Waals surface area contributed by atoms with Crippen molar-refractivity contribution >= 4 is 0 Å². The number of methoxy groups -OCH3 is 1. The zero-order valence-corrected chi connectivity index (χ0v) is 13.2. The number of rotatable bonds is 8. The van der Waals surface area contributed by atoms with Gasteiger partial charge in [0.25, 0.3) is 0 Å². The minimum atomic E-state index is 0.515. The molecule has 0 aliphatic heterocycles. The van der Waals surface area contributed by atoms with E-state index in [2.05, 4.69) is 43.4 Å². The second-order valence-corrected chi connectivity index (χ2v) is 6.04. The largest absolute Gasteiger partial charge is 0.496 e. The molecule has 0 saturated heterocycles. The quantitative estimate of drug-likeness (QED) is 0.790. The predicted octanol–water partition coefficient (Wildman–Crippen LogP) is 2.56. The van der Waals surface area contributed by atoms with Crippen molar-refractivity contribution in [2.24, 2.45) is 5.92 Å². The van der Waals surface area contributed by atoms with Crippen LogP contribution in [0.15, 0.2) is 24.3 Å². The van der Waals surface area contributed by atoms with Gasteiger partial charge in [0, 0.05) is 18.6 Å². The first-order valence-corrected chi connectivity index (χ1v) is 7.65. The van der Waals surface area contributed by atoms with E-state index in [-0.39, 0.29) is 0 Å². The molecule has 0 spiro atoms. The average Bonchev–Trinajstić information content (AvgIpc) is 3.29. The molecule has 1 fully saturated rings. The first-order valence-electron chi connectivity index (χ1n) is 7.65. The summed E-state index contributed by atoms with van der Waals surface area (Å²) in [6.07, 6.45) is 3.81. The minimum Gasteiger partial charge on any atom is -0.496 e. The van der Waals surface area contributed by atoms with Gasteiger partial charge in [-0.15, -0.1) is 0 Å². The first kappa shape index (κ1) is 15.3. The van der Waals surface area contributed by atoms with E-state index in [0.717, 1.165) is 24.6 Å². The van der Waals surface area contributed by atoms with Crippen molar-refractivity contribution in [1.29, 1.82) is 0 Å². The SMILES string of the molecule is CNC(CN(C)C(C)Cc1ccccc1OC)C1CC1. The average molecular weight is 276 g/mol. The molecule has 2 unspecified atom stereocenters. The molecular formula is C17H28N2O. The van der Waals surface area contributed by atoms with E-state index in [1.54, 1.807) is 7.11 Å². The molecule has 0 aromatic heterocycles.